The van der Waals surface area contributed by atoms with Crippen molar-refractivity contribution >= 4 is 5.82 Å². The van der Waals surface area contributed by atoms with Gasteiger partial charge >= 0.3 is 0 Å². The van der Waals surface area contributed by atoms with Gasteiger partial charge < -0.3 is 10.5 Å². The average Bonchev–Trinajstić information content (AvgIpc) is 2.46. The molecule has 0 aliphatic carbocycles. The number of rotatable bonds is 2. The minimum Gasteiger partial charge on any atom is -0.493 e. The van der Waals surface area contributed by atoms with Crippen LogP contribution in [0.25, 0.3) is 11.3 Å². The van der Waals surface area contributed by atoms with Crippen LogP contribution in [0, 0.1) is 0 Å². The Bertz CT molecular complexity index is 638. The molecule has 0 spiro atoms. The van der Waals surface area contributed by atoms with Gasteiger partial charge in [0.05, 0.1) is 12.3 Å². The predicted molar refractivity (Wildman–Crippen MR) is 79.8 cm³/mol. The molecule has 4 nitrogen and oxygen atoms in total. The summed E-state index contributed by atoms with van der Waals surface area (Å²) in [4.78, 5) is 8.59. The van der Waals surface area contributed by atoms with Gasteiger partial charge in [-0.05, 0) is 30.4 Å². The van der Waals surface area contributed by atoms with Crippen LogP contribution in [0.1, 0.15) is 37.3 Å². The van der Waals surface area contributed by atoms with Crippen LogP contribution in [0.4, 0.5) is 5.82 Å². The maximum Gasteiger partial charge on any atom is 0.131 e. The third-order valence-corrected chi connectivity index (χ3v) is 3.68. The Morgan fingerprint density at radius 2 is 2.10 bits per heavy atom. The number of anilines is 1. The fraction of sp³-hybridized carbons (Fsp3) is 0.375. The van der Waals surface area contributed by atoms with Gasteiger partial charge in [-0.1, -0.05) is 26.0 Å². The molecule has 0 saturated carbocycles. The molecule has 4 heteroatoms. The molecular weight excluding hydrogens is 250 g/mol. The molecule has 3 rings (SSSR count). The van der Waals surface area contributed by atoms with Gasteiger partial charge in [0.25, 0.3) is 0 Å². The monoisotopic (exact) mass is 269 g/mol. The molecule has 0 saturated heterocycles. The second-order valence-corrected chi connectivity index (χ2v) is 5.42. The maximum atomic E-state index is 6.04. The summed E-state index contributed by atoms with van der Waals surface area (Å²) in [5, 5.41) is 0. The van der Waals surface area contributed by atoms with Gasteiger partial charge in [0, 0.05) is 11.1 Å². The molecule has 0 fully saturated rings. The van der Waals surface area contributed by atoms with Crippen LogP contribution < -0.4 is 10.5 Å². The molecule has 0 atom stereocenters. The molecule has 1 aromatic heterocycles. The number of nitrogen functional groups attached to an aromatic ring is 1. The van der Waals surface area contributed by atoms with Gasteiger partial charge in [-0.25, -0.2) is 9.97 Å². The minimum atomic E-state index is 0.269. The second-order valence-electron chi connectivity index (χ2n) is 5.42. The zero-order valence-electron chi connectivity index (χ0n) is 11.9. The van der Waals surface area contributed by atoms with Crippen LogP contribution in [-0.2, 0) is 6.42 Å². The van der Waals surface area contributed by atoms with Crippen LogP contribution in [0.2, 0.25) is 0 Å². The molecule has 2 N–H and O–H groups in total. The Morgan fingerprint density at radius 1 is 1.25 bits per heavy atom. The molecule has 2 heterocycles. The molecule has 0 bridgehead atoms. The summed E-state index contributed by atoms with van der Waals surface area (Å²) in [6.45, 7) is 4.98. The Morgan fingerprint density at radius 3 is 2.90 bits per heavy atom. The number of aryl methyl sites for hydroxylation is 1. The van der Waals surface area contributed by atoms with E-state index in [1.165, 1.54) is 11.9 Å². The summed E-state index contributed by atoms with van der Waals surface area (Å²) < 4.78 is 5.88. The average molecular weight is 269 g/mol. The minimum absolute atomic E-state index is 0.269. The molecule has 1 aliphatic rings. The lowest BCUT2D eigenvalue weighted by Crippen LogP contribution is -2.11. The number of hydrogen-bond acceptors (Lipinski definition) is 4. The van der Waals surface area contributed by atoms with E-state index in [1.54, 1.807) is 0 Å². The number of benzene rings is 1. The van der Waals surface area contributed by atoms with E-state index in [0.29, 0.717) is 5.82 Å². The SMILES string of the molecule is CC(C)c1c(N)ncnc1-c1cccc2c1OCCC2. The van der Waals surface area contributed by atoms with E-state index in [-0.39, 0.29) is 5.92 Å². The number of nitrogens with two attached hydrogens (primary N) is 1. The summed E-state index contributed by atoms with van der Waals surface area (Å²) in [7, 11) is 0. The number of fused-ring (bicyclic) bond motifs is 1. The van der Waals surface area contributed by atoms with Crippen LogP contribution >= 0.6 is 0 Å². The summed E-state index contributed by atoms with van der Waals surface area (Å²) in [5.74, 6) is 1.78. The molecule has 0 unspecified atom stereocenters. The summed E-state index contributed by atoms with van der Waals surface area (Å²) >= 11 is 0. The van der Waals surface area contributed by atoms with Crippen molar-refractivity contribution in [2.45, 2.75) is 32.6 Å². The Labute approximate surface area is 119 Å². The highest BCUT2D eigenvalue weighted by atomic mass is 16.5. The summed E-state index contributed by atoms with van der Waals surface area (Å²) in [5.41, 5.74) is 10.2. The van der Waals surface area contributed by atoms with Gasteiger partial charge in [-0.2, -0.15) is 0 Å². The van der Waals surface area contributed by atoms with E-state index in [9.17, 15) is 0 Å². The van der Waals surface area contributed by atoms with Gasteiger partial charge in [-0.3, -0.25) is 0 Å². The Kier molecular flexibility index (Phi) is 3.30. The largest absolute Gasteiger partial charge is 0.493 e. The highest BCUT2D eigenvalue weighted by Gasteiger charge is 2.21. The molecule has 0 radical (unpaired) electrons. The Balaban J connectivity index is 2.22. The van der Waals surface area contributed by atoms with Crippen molar-refractivity contribution in [2.24, 2.45) is 0 Å². The van der Waals surface area contributed by atoms with Crippen LogP contribution in [0.5, 0.6) is 5.75 Å². The lowest BCUT2D eigenvalue weighted by Gasteiger charge is -2.22. The van der Waals surface area contributed by atoms with E-state index in [0.717, 1.165) is 42.0 Å². The molecule has 1 aliphatic heterocycles. The molecule has 1 aromatic carbocycles. The molecule has 20 heavy (non-hydrogen) atoms. The van der Waals surface area contributed by atoms with E-state index in [2.05, 4.69) is 42.0 Å². The molecular formula is C16H19N3O. The fourth-order valence-corrected chi connectivity index (χ4v) is 2.77. The van der Waals surface area contributed by atoms with Gasteiger partial charge in [0.1, 0.15) is 17.9 Å². The van der Waals surface area contributed by atoms with E-state index in [4.69, 9.17) is 10.5 Å². The van der Waals surface area contributed by atoms with Crippen molar-refractivity contribution in [2.75, 3.05) is 12.3 Å². The zero-order chi connectivity index (χ0) is 14.1. The summed E-state index contributed by atoms with van der Waals surface area (Å²) in [6, 6.07) is 6.24. The third kappa shape index (κ3) is 2.11. The quantitative estimate of drug-likeness (QED) is 0.909. The topological polar surface area (TPSA) is 61.0 Å². The van der Waals surface area contributed by atoms with Crippen molar-refractivity contribution in [1.29, 1.82) is 0 Å². The van der Waals surface area contributed by atoms with Crippen LogP contribution in [-0.4, -0.2) is 16.6 Å². The smallest absolute Gasteiger partial charge is 0.131 e. The lowest BCUT2D eigenvalue weighted by molar-refractivity contribution is 0.289. The maximum absolute atomic E-state index is 6.04. The molecule has 2 aromatic rings. The lowest BCUT2D eigenvalue weighted by atomic mass is 9.94. The highest BCUT2D eigenvalue weighted by molar-refractivity contribution is 5.75. The molecule has 0 amide bonds. The molecule has 104 valence electrons. The van der Waals surface area contributed by atoms with Crippen LogP contribution in [0.3, 0.4) is 0 Å². The fourth-order valence-electron chi connectivity index (χ4n) is 2.77. The normalized spacial score (nSPS) is 13.9. The predicted octanol–water partition coefficient (Wildman–Crippen LogP) is 3.17. The van der Waals surface area contributed by atoms with E-state index in [1.807, 2.05) is 0 Å². The first kappa shape index (κ1) is 12.9. The number of ether oxygens (including phenoxy) is 1. The zero-order valence-corrected chi connectivity index (χ0v) is 11.9. The first-order valence-electron chi connectivity index (χ1n) is 7.04. The van der Waals surface area contributed by atoms with E-state index >= 15 is 0 Å². The standard InChI is InChI=1S/C16H19N3O/c1-10(2)13-14(18-9-19-16(13)17)12-7-3-5-11-6-4-8-20-15(11)12/h3,5,7,9-10H,4,6,8H2,1-2H3,(H2,17,18,19). The van der Waals surface area contributed by atoms with E-state index < -0.39 is 0 Å². The number of aromatic nitrogens is 2. The second kappa shape index (κ2) is 5.12. The first-order chi connectivity index (χ1) is 9.68. The van der Waals surface area contributed by atoms with Crippen molar-refractivity contribution in [3.05, 3.63) is 35.7 Å². The highest BCUT2D eigenvalue weighted by Crippen LogP contribution is 2.39. The van der Waals surface area contributed by atoms with Crippen molar-refractivity contribution < 1.29 is 4.74 Å². The van der Waals surface area contributed by atoms with Gasteiger partial charge in [0.15, 0.2) is 0 Å². The van der Waals surface area contributed by atoms with Crippen molar-refractivity contribution in [3.63, 3.8) is 0 Å². The van der Waals surface area contributed by atoms with Gasteiger partial charge in [-0.15, -0.1) is 0 Å². The number of para-hydroxylation sites is 1. The van der Waals surface area contributed by atoms with Crippen LogP contribution in [0.15, 0.2) is 24.5 Å². The first-order valence-corrected chi connectivity index (χ1v) is 7.04. The third-order valence-electron chi connectivity index (χ3n) is 3.68. The van der Waals surface area contributed by atoms with Gasteiger partial charge in [0.2, 0.25) is 0 Å². The Hall–Kier alpha value is -2.10. The summed E-state index contributed by atoms with van der Waals surface area (Å²) in [6.07, 6.45) is 3.65. The van der Waals surface area contributed by atoms with Crippen molar-refractivity contribution in [1.82, 2.24) is 9.97 Å². The van der Waals surface area contributed by atoms with Crippen molar-refractivity contribution in [3.8, 4) is 17.0 Å². The number of nitrogens with zero attached hydrogens (tertiary/aromatic N) is 2. The number of hydrogen-bond donors (Lipinski definition) is 1.